The topological polar surface area (TPSA) is 82.3 Å². The van der Waals surface area contributed by atoms with Crippen molar-refractivity contribution in [2.75, 3.05) is 23.7 Å². The van der Waals surface area contributed by atoms with Crippen LogP contribution in [0, 0.1) is 0 Å². The van der Waals surface area contributed by atoms with Gasteiger partial charge in [-0.15, -0.1) is 0 Å². The van der Waals surface area contributed by atoms with Crippen molar-refractivity contribution in [3.8, 4) is 0 Å². The van der Waals surface area contributed by atoms with Gasteiger partial charge in [0.25, 0.3) is 0 Å². The van der Waals surface area contributed by atoms with E-state index in [4.69, 9.17) is 24.4 Å². The van der Waals surface area contributed by atoms with Crippen LogP contribution in [0.25, 0.3) is 0 Å². The van der Waals surface area contributed by atoms with E-state index >= 15 is 0 Å². The van der Waals surface area contributed by atoms with Gasteiger partial charge in [-0.3, -0.25) is 0 Å². The average molecular weight is 871 g/mol. The van der Waals surface area contributed by atoms with Crippen LogP contribution in [-0.2, 0) is 9.84 Å². The summed E-state index contributed by atoms with van der Waals surface area (Å²) in [6.07, 6.45) is 43.4. The molecule has 336 valence electrons. The third kappa shape index (κ3) is 28.1. The van der Waals surface area contributed by atoms with Crippen molar-refractivity contribution in [1.29, 1.82) is 0 Å². The van der Waals surface area contributed by atoms with E-state index < -0.39 is 9.84 Å². The van der Waals surface area contributed by atoms with Crippen LogP contribution in [0.1, 0.15) is 219 Å². The number of hydrogen-bond acceptors (Lipinski definition) is 4. The maximum absolute atomic E-state index is 13.4. The van der Waals surface area contributed by atoms with Crippen molar-refractivity contribution in [3.63, 3.8) is 0 Å². The maximum atomic E-state index is 13.4. The fourth-order valence-corrected chi connectivity index (χ4v) is 9.37. The Labute approximate surface area is 374 Å². The van der Waals surface area contributed by atoms with Crippen LogP contribution in [0.4, 0.5) is 11.4 Å². The fraction of sp³-hybridized carbons (Fsp3) is 0.720. The summed E-state index contributed by atoms with van der Waals surface area (Å²) in [5.41, 5.74) is 1.52. The van der Waals surface area contributed by atoms with E-state index in [2.05, 4.69) is 35.1 Å². The first-order valence-electron chi connectivity index (χ1n) is 24.4. The van der Waals surface area contributed by atoms with Crippen LogP contribution in [-0.4, -0.2) is 31.7 Å². The van der Waals surface area contributed by atoms with Gasteiger partial charge >= 0.3 is 0 Å². The second-order valence-corrected chi connectivity index (χ2v) is 19.7. The Morgan fingerprint density at radius 1 is 0.373 bits per heavy atom. The van der Waals surface area contributed by atoms with Gasteiger partial charge in [-0.25, -0.2) is 8.42 Å². The molecule has 2 aromatic rings. The molecule has 0 fully saturated rings. The van der Waals surface area contributed by atoms with Gasteiger partial charge in [-0.1, -0.05) is 206 Å². The van der Waals surface area contributed by atoms with E-state index in [0.29, 0.717) is 10.2 Å². The van der Waals surface area contributed by atoms with E-state index in [1.165, 1.54) is 193 Å². The fourth-order valence-electron chi connectivity index (χ4n) is 7.67. The molecule has 0 aliphatic rings. The molecular weight excluding hydrogens is 785 g/mol. The lowest BCUT2D eigenvalue weighted by Gasteiger charge is -2.12. The van der Waals surface area contributed by atoms with E-state index in [1.807, 2.05) is 0 Å². The lowest BCUT2D eigenvalue weighted by molar-refractivity contribution is 0.529. The third-order valence-corrected chi connectivity index (χ3v) is 13.8. The molecule has 0 bridgehead atoms. The maximum Gasteiger partial charge on any atom is 0.206 e. The Morgan fingerprint density at radius 3 is 0.831 bits per heavy atom. The molecule has 4 N–H and O–H groups in total. The van der Waals surface area contributed by atoms with Crippen molar-refractivity contribution in [2.24, 2.45) is 0 Å². The van der Waals surface area contributed by atoms with Crippen molar-refractivity contribution in [2.45, 2.75) is 229 Å². The van der Waals surface area contributed by atoms with Gasteiger partial charge in [-0.2, -0.15) is 0 Å². The molecule has 0 aromatic heterocycles. The zero-order chi connectivity index (χ0) is 42.5. The zero-order valence-electron chi connectivity index (χ0n) is 37.7. The molecule has 0 saturated heterocycles. The molecule has 0 saturated carbocycles. The highest BCUT2D eigenvalue weighted by molar-refractivity contribution is 7.91. The molecule has 9 heteroatoms. The highest BCUT2D eigenvalue weighted by Gasteiger charge is 2.17. The summed E-state index contributed by atoms with van der Waals surface area (Å²) < 4.78 is 26.7. The molecule has 2 rings (SSSR count). The van der Waals surface area contributed by atoms with Gasteiger partial charge in [0.1, 0.15) is 0 Å². The summed E-state index contributed by atoms with van der Waals surface area (Å²) in [5, 5.41) is 14.1. The second-order valence-electron chi connectivity index (χ2n) is 16.9. The Morgan fingerprint density at radius 2 is 0.593 bits per heavy atom. The quantitative estimate of drug-likeness (QED) is 0.0392. The van der Waals surface area contributed by atoms with Gasteiger partial charge in [0, 0.05) is 24.5 Å². The number of thiocarbonyl (C=S) groups is 2. The van der Waals surface area contributed by atoms with Gasteiger partial charge in [0.05, 0.1) is 9.79 Å². The molecule has 0 spiro atoms. The normalized spacial score (nSPS) is 11.4. The van der Waals surface area contributed by atoms with Gasteiger partial charge in [0.2, 0.25) is 9.84 Å². The van der Waals surface area contributed by atoms with E-state index in [1.54, 1.807) is 48.5 Å². The van der Waals surface area contributed by atoms with Crippen LogP contribution in [0.15, 0.2) is 58.3 Å². The van der Waals surface area contributed by atoms with Crippen LogP contribution < -0.4 is 21.3 Å². The van der Waals surface area contributed by atoms with Gasteiger partial charge in [-0.05, 0) is 85.8 Å². The molecule has 0 aliphatic carbocycles. The minimum absolute atomic E-state index is 0.242. The highest BCUT2D eigenvalue weighted by atomic mass is 32.2. The SMILES string of the molecule is CCCCCCCCCCCCCCCCCCNC(=S)Nc1ccc(S(=O)(=O)c2ccc(NC(=S)NCCCCCCCCCCCCCCCCCC)cc2)cc1. The predicted octanol–water partition coefficient (Wildman–Crippen LogP) is 15.6. The van der Waals surface area contributed by atoms with Crippen molar-refractivity contribution < 1.29 is 8.42 Å². The summed E-state index contributed by atoms with van der Waals surface area (Å²) >= 11 is 11.0. The Balaban J connectivity index is 1.49. The second kappa shape index (κ2) is 36.4. The number of benzene rings is 2. The molecule has 0 aliphatic heterocycles. The number of nitrogens with one attached hydrogen (secondary N) is 4. The smallest absolute Gasteiger partial charge is 0.206 e. The van der Waals surface area contributed by atoms with E-state index in [0.717, 1.165) is 37.3 Å². The standard InChI is InChI=1S/C50H86N4O2S3/c1-3-5-7-9-11-13-15-17-19-21-23-25-27-29-31-33-43-51-49(57)53-45-35-39-47(40-36-45)59(55,56)48-41-37-46(38-42-48)54-50(58)52-44-34-32-30-28-26-24-22-20-18-16-14-12-10-8-6-4-2/h35-42H,3-34,43-44H2,1-2H3,(H2,51,53,57)(H2,52,54,58). The van der Waals surface area contributed by atoms with E-state index in [-0.39, 0.29) is 9.79 Å². The average Bonchev–Trinajstić information content (AvgIpc) is 3.23. The van der Waals surface area contributed by atoms with Crippen molar-refractivity contribution in [1.82, 2.24) is 10.6 Å². The molecule has 0 unspecified atom stereocenters. The minimum atomic E-state index is -3.66. The number of rotatable bonds is 38. The van der Waals surface area contributed by atoms with E-state index in [9.17, 15) is 8.42 Å². The van der Waals surface area contributed by atoms with Crippen LogP contribution in [0.3, 0.4) is 0 Å². The van der Waals surface area contributed by atoms with Crippen molar-refractivity contribution >= 4 is 55.9 Å². The minimum Gasteiger partial charge on any atom is -0.362 e. The van der Waals surface area contributed by atoms with Crippen LogP contribution >= 0.6 is 24.4 Å². The first-order valence-corrected chi connectivity index (χ1v) is 26.7. The Hall–Kier alpha value is -2.23. The summed E-state index contributed by atoms with van der Waals surface area (Å²) in [6.45, 7) is 6.24. The van der Waals surface area contributed by atoms with Crippen molar-refractivity contribution in [3.05, 3.63) is 48.5 Å². The molecule has 2 aromatic carbocycles. The summed E-state index contributed by atoms with van der Waals surface area (Å²) in [5.74, 6) is 0. The monoisotopic (exact) mass is 871 g/mol. The lowest BCUT2D eigenvalue weighted by atomic mass is 10.0. The number of sulfone groups is 1. The highest BCUT2D eigenvalue weighted by Crippen LogP contribution is 2.24. The number of anilines is 2. The van der Waals surface area contributed by atoms with Crippen LogP contribution in [0.2, 0.25) is 0 Å². The molecule has 0 atom stereocenters. The zero-order valence-corrected chi connectivity index (χ0v) is 40.2. The van der Waals surface area contributed by atoms with Gasteiger partial charge in [0.15, 0.2) is 10.2 Å². The largest absolute Gasteiger partial charge is 0.362 e. The Kier molecular flexibility index (Phi) is 32.7. The predicted molar refractivity (Wildman–Crippen MR) is 266 cm³/mol. The summed E-state index contributed by atoms with van der Waals surface area (Å²) in [6, 6.07) is 13.5. The lowest BCUT2D eigenvalue weighted by Crippen LogP contribution is -2.29. The summed E-state index contributed by atoms with van der Waals surface area (Å²) in [7, 11) is -3.66. The molecule has 0 heterocycles. The Bertz CT molecular complexity index is 1320. The number of unbranched alkanes of at least 4 members (excludes halogenated alkanes) is 30. The first-order chi connectivity index (χ1) is 28.9. The molecule has 6 nitrogen and oxygen atoms in total. The third-order valence-electron chi connectivity index (χ3n) is 11.5. The molecule has 59 heavy (non-hydrogen) atoms. The molecular formula is C50H86N4O2S3. The van der Waals surface area contributed by atoms with Gasteiger partial charge < -0.3 is 21.3 Å². The van der Waals surface area contributed by atoms with Crippen LogP contribution in [0.5, 0.6) is 0 Å². The first kappa shape index (κ1) is 52.9. The number of hydrogen-bond donors (Lipinski definition) is 4. The molecule has 0 amide bonds. The molecule has 0 radical (unpaired) electrons. The summed E-state index contributed by atoms with van der Waals surface area (Å²) in [4.78, 5) is 0.485.